The molecular weight excluding hydrogens is 258 g/mol. The fourth-order valence-electron chi connectivity index (χ4n) is 2.51. The smallest absolute Gasteiger partial charge is 0.0640 e. The number of hydrogen-bond acceptors (Lipinski definition) is 2. The number of nitrogens with zero attached hydrogens (tertiary/aromatic N) is 2. The van der Waals surface area contributed by atoms with Crippen LogP contribution < -0.4 is 5.73 Å². The lowest BCUT2D eigenvalue weighted by Crippen LogP contribution is -2.24. The summed E-state index contributed by atoms with van der Waals surface area (Å²) in [7, 11) is 0. The van der Waals surface area contributed by atoms with Crippen LogP contribution in [-0.4, -0.2) is 15.8 Å². The molecule has 0 saturated carbocycles. The van der Waals surface area contributed by atoms with E-state index < -0.39 is 0 Å². The van der Waals surface area contributed by atoms with Crippen molar-refractivity contribution < 1.29 is 0 Å². The van der Waals surface area contributed by atoms with Crippen LogP contribution in [0.3, 0.4) is 0 Å². The van der Waals surface area contributed by atoms with Crippen LogP contribution in [0.1, 0.15) is 49.6 Å². The summed E-state index contributed by atoms with van der Waals surface area (Å²) < 4.78 is 2.04. The van der Waals surface area contributed by atoms with E-state index in [4.69, 9.17) is 5.73 Å². The minimum atomic E-state index is 0.172. The molecule has 3 nitrogen and oxygen atoms in total. The summed E-state index contributed by atoms with van der Waals surface area (Å²) >= 11 is 0. The number of aromatic nitrogens is 2. The Morgan fingerprint density at radius 2 is 2.10 bits per heavy atom. The van der Waals surface area contributed by atoms with Crippen molar-refractivity contribution in [1.82, 2.24) is 9.78 Å². The maximum atomic E-state index is 6.26. The van der Waals surface area contributed by atoms with Gasteiger partial charge in [0.25, 0.3) is 0 Å². The second kappa shape index (κ2) is 7.41. The second-order valence-electron chi connectivity index (χ2n) is 6.04. The SMILES string of the molecule is CCC(C)n1ccc(CC(N)CCc2cccc(C)c2)n1. The van der Waals surface area contributed by atoms with E-state index in [0.717, 1.165) is 31.4 Å². The van der Waals surface area contributed by atoms with E-state index in [0.29, 0.717) is 6.04 Å². The Hall–Kier alpha value is -1.61. The summed E-state index contributed by atoms with van der Waals surface area (Å²) in [6.07, 6.45) is 6.06. The molecule has 1 aromatic heterocycles. The summed E-state index contributed by atoms with van der Waals surface area (Å²) in [5.74, 6) is 0. The van der Waals surface area contributed by atoms with E-state index in [1.54, 1.807) is 0 Å². The lowest BCUT2D eigenvalue weighted by atomic mass is 10.0. The van der Waals surface area contributed by atoms with Gasteiger partial charge in [0.2, 0.25) is 0 Å². The maximum absolute atomic E-state index is 6.26. The minimum Gasteiger partial charge on any atom is -0.327 e. The van der Waals surface area contributed by atoms with Crippen molar-refractivity contribution in [3.63, 3.8) is 0 Å². The van der Waals surface area contributed by atoms with Crippen LogP contribution in [0.2, 0.25) is 0 Å². The number of nitrogens with two attached hydrogens (primary N) is 1. The Labute approximate surface area is 128 Å². The standard InChI is InChI=1S/C18H27N3/c1-4-15(3)21-11-10-18(20-21)13-17(19)9-8-16-7-5-6-14(2)12-16/h5-7,10-12,15,17H,4,8-9,13,19H2,1-3H3. The molecule has 0 radical (unpaired) electrons. The van der Waals surface area contributed by atoms with Crippen LogP contribution in [0.25, 0.3) is 0 Å². The fourth-order valence-corrected chi connectivity index (χ4v) is 2.51. The predicted molar refractivity (Wildman–Crippen MR) is 88.4 cm³/mol. The molecule has 0 bridgehead atoms. The van der Waals surface area contributed by atoms with Crippen molar-refractivity contribution >= 4 is 0 Å². The van der Waals surface area contributed by atoms with Crippen molar-refractivity contribution in [3.05, 3.63) is 53.3 Å². The van der Waals surface area contributed by atoms with Gasteiger partial charge in [0.1, 0.15) is 0 Å². The Morgan fingerprint density at radius 3 is 2.81 bits per heavy atom. The highest BCUT2D eigenvalue weighted by molar-refractivity contribution is 5.22. The Kier molecular flexibility index (Phi) is 5.57. The summed E-state index contributed by atoms with van der Waals surface area (Å²) in [6.45, 7) is 6.50. The lowest BCUT2D eigenvalue weighted by Gasteiger charge is -2.11. The van der Waals surface area contributed by atoms with Crippen molar-refractivity contribution in [1.29, 1.82) is 0 Å². The van der Waals surface area contributed by atoms with Crippen LogP contribution in [0.4, 0.5) is 0 Å². The average molecular weight is 285 g/mol. The van der Waals surface area contributed by atoms with Gasteiger partial charge in [-0.05, 0) is 44.7 Å². The van der Waals surface area contributed by atoms with Crippen molar-refractivity contribution in [2.75, 3.05) is 0 Å². The molecule has 2 N–H and O–H groups in total. The largest absolute Gasteiger partial charge is 0.327 e. The quantitative estimate of drug-likeness (QED) is 0.843. The second-order valence-corrected chi connectivity index (χ2v) is 6.04. The summed E-state index contributed by atoms with van der Waals surface area (Å²) in [6, 6.07) is 11.4. The van der Waals surface area contributed by atoms with Gasteiger partial charge in [-0.2, -0.15) is 5.10 Å². The first-order valence-corrected chi connectivity index (χ1v) is 7.93. The molecule has 3 heteroatoms. The predicted octanol–water partition coefficient (Wildman–Crippen LogP) is 3.67. The van der Waals surface area contributed by atoms with Crippen LogP contribution in [0, 0.1) is 6.92 Å². The zero-order valence-electron chi connectivity index (χ0n) is 13.4. The molecule has 21 heavy (non-hydrogen) atoms. The highest BCUT2D eigenvalue weighted by Crippen LogP contribution is 2.12. The van der Waals surface area contributed by atoms with Gasteiger partial charge in [0.05, 0.1) is 5.69 Å². The third-order valence-electron chi connectivity index (χ3n) is 4.06. The van der Waals surface area contributed by atoms with Gasteiger partial charge in [-0.15, -0.1) is 0 Å². The first-order valence-electron chi connectivity index (χ1n) is 7.93. The number of aryl methyl sites for hydroxylation is 2. The van der Waals surface area contributed by atoms with E-state index in [-0.39, 0.29) is 6.04 Å². The third-order valence-corrected chi connectivity index (χ3v) is 4.06. The molecule has 2 aromatic rings. The molecule has 0 amide bonds. The van der Waals surface area contributed by atoms with Crippen LogP contribution in [0.5, 0.6) is 0 Å². The monoisotopic (exact) mass is 285 g/mol. The highest BCUT2D eigenvalue weighted by Gasteiger charge is 2.09. The fraction of sp³-hybridized carbons (Fsp3) is 0.500. The molecule has 2 atom stereocenters. The van der Waals surface area contributed by atoms with E-state index in [1.807, 2.05) is 4.68 Å². The Bertz CT molecular complexity index is 559. The Morgan fingerprint density at radius 1 is 1.29 bits per heavy atom. The van der Waals surface area contributed by atoms with Gasteiger partial charge in [-0.1, -0.05) is 36.8 Å². The first kappa shape index (κ1) is 15.8. The normalized spacial score (nSPS) is 14.1. The van der Waals surface area contributed by atoms with Gasteiger partial charge < -0.3 is 5.73 Å². The molecule has 0 aliphatic heterocycles. The minimum absolute atomic E-state index is 0.172. The van der Waals surface area contributed by atoms with Gasteiger partial charge >= 0.3 is 0 Å². The third kappa shape index (κ3) is 4.71. The molecule has 0 aliphatic rings. The van der Waals surface area contributed by atoms with Crippen LogP contribution in [0.15, 0.2) is 36.5 Å². The number of benzene rings is 1. The highest BCUT2D eigenvalue weighted by atomic mass is 15.3. The van der Waals surface area contributed by atoms with Gasteiger partial charge in [0.15, 0.2) is 0 Å². The molecule has 0 spiro atoms. The van der Waals surface area contributed by atoms with E-state index in [9.17, 15) is 0 Å². The zero-order chi connectivity index (χ0) is 15.2. The molecule has 2 rings (SSSR count). The molecule has 1 heterocycles. The van der Waals surface area contributed by atoms with E-state index in [2.05, 4.69) is 62.4 Å². The molecular formula is C18H27N3. The Balaban J connectivity index is 1.84. The summed E-state index contributed by atoms with van der Waals surface area (Å²) in [4.78, 5) is 0. The summed E-state index contributed by atoms with van der Waals surface area (Å²) in [5.41, 5.74) is 10.0. The van der Waals surface area contributed by atoms with Crippen LogP contribution >= 0.6 is 0 Å². The molecule has 0 aliphatic carbocycles. The van der Waals surface area contributed by atoms with Gasteiger partial charge in [-0.25, -0.2) is 0 Å². The lowest BCUT2D eigenvalue weighted by molar-refractivity contribution is 0.470. The topological polar surface area (TPSA) is 43.8 Å². The van der Waals surface area contributed by atoms with Gasteiger partial charge in [0, 0.05) is 24.7 Å². The number of rotatable bonds is 7. The molecule has 0 saturated heterocycles. The van der Waals surface area contributed by atoms with Crippen molar-refractivity contribution in [3.8, 4) is 0 Å². The van der Waals surface area contributed by atoms with Crippen LogP contribution in [-0.2, 0) is 12.8 Å². The molecule has 114 valence electrons. The number of hydrogen-bond donors (Lipinski definition) is 1. The molecule has 0 fully saturated rings. The van der Waals surface area contributed by atoms with E-state index in [1.165, 1.54) is 11.1 Å². The van der Waals surface area contributed by atoms with Crippen molar-refractivity contribution in [2.24, 2.45) is 5.73 Å². The molecule has 1 aromatic carbocycles. The van der Waals surface area contributed by atoms with Gasteiger partial charge in [-0.3, -0.25) is 4.68 Å². The average Bonchev–Trinajstić information content (AvgIpc) is 2.93. The maximum Gasteiger partial charge on any atom is 0.0640 e. The molecule has 2 unspecified atom stereocenters. The zero-order valence-corrected chi connectivity index (χ0v) is 13.4. The summed E-state index contributed by atoms with van der Waals surface area (Å²) in [5, 5.41) is 4.63. The first-order chi connectivity index (χ1) is 10.1. The van der Waals surface area contributed by atoms with Crippen molar-refractivity contribution in [2.45, 2.75) is 58.5 Å². The van der Waals surface area contributed by atoms with E-state index >= 15 is 0 Å².